The summed E-state index contributed by atoms with van der Waals surface area (Å²) in [7, 11) is -1.99. The Morgan fingerprint density at radius 3 is 2.38 bits per heavy atom. The number of nitrogens with zero attached hydrogens (tertiary/aromatic N) is 1. The molecule has 0 atom stereocenters. The van der Waals surface area contributed by atoms with Crippen LogP contribution in [0.5, 0.6) is 5.75 Å². The maximum atomic E-state index is 12.8. The molecule has 0 unspecified atom stereocenters. The predicted molar refractivity (Wildman–Crippen MR) is 112 cm³/mol. The Hall–Kier alpha value is -2.42. The lowest BCUT2D eigenvalue weighted by Crippen LogP contribution is -3.15. The van der Waals surface area contributed by atoms with Crippen molar-refractivity contribution in [1.29, 1.82) is 0 Å². The molecule has 8 heteroatoms. The summed E-state index contributed by atoms with van der Waals surface area (Å²) >= 11 is 0. The Morgan fingerprint density at radius 2 is 1.76 bits per heavy atom. The van der Waals surface area contributed by atoms with E-state index in [1.165, 1.54) is 4.31 Å². The number of piperazine rings is 1. The van der Waals surface area contributed by atoms with Gasteiger partial charge in [-0.15, -0.1) is 0 Å². The largest absolute Gasteiger partial charge is 0.497 e. The van der Waals surface area contributed by atoms with E-state index in [2.05, 4.69) is 5.32 Å². The summed E-state index contributed by atoms with van der Waals surface area (Å²) in [4.78, 5) is 13.8. The Balaban J connectivity index is 1.55. The zero-order chi connectivity index (χ0) is 21.0. The SMILES string of the molecule is COc1ccc(S(=O)(=O)N2CC[NH+](CC(=O)Nc3cccc(C)c3C)CC2)cc1. The molecule has 0 spiro atoms. The van der Waals surface area contributed by atoms with Crippen molar-refractivity contribution in [2.45, 2.75) is 18.7 Å². The van der Waals surface area contributed by atoms with E-state index in [1.807, 2.05) is 32.0 Å². The first-order valence-corrected chi connectivity index (χ1v) is 11.1. The van der Waals surface area contributed by atoms with E-state index in [1.54, 1.807) is 31.4 Å². The molecule has 3 rings (SSSR count). The van der Waals surface area contributed by atoms with Crippen LogP contribution in [0, 0.1) is 13.8 Å². The lowest BCUT2D eigenvalue weighted by Gasteiger charge is -2.31. The van der Waals surface area contributed by atoms with Crippen molar-refractivity contribution in [3.05, 3.63) is 53.6 Å². The van der Waals surface area contributed by atoms with Gasteiger partial charge in [-0.1, -0.05) is 12.1 Å². The van der Waals surface area contributed by atoms with Gasteiger partial charge in [-0.05, 0) is 55.3 Å². The molecule has 156 valence electrons. The quantitative estimate of drug-likeness (QED) is 0.729. The molecule has 2 N–H and O–H groups in total. The summed E-state index contributed by atoms with van der Waals surface area (Å²) in [5, 5.41) is 2.97. The molecule has 1 aliphatic rings. The number of sulfonamides is 1. The number of carbonyl (C=O) groups excluding carboxylic acids is 1. The lowest BCUT2D eigenvalue weighted by atomic mass is 10.1. The van der Waals surface area contributed by atoms with Crippen molar-refractivity contribution >= 4 is 21.6 Å². The van der Waals surface area contributed by atoms with Crippen LogP contribution in [0.25, 0.3) is 0 Å². The molecular formula is C21H28N3O4S+. The van der Waals surface area contributed by atoms with E-state index in [4.69, 9.17) is 4.74 Å². The molecule has 29 heavy (non-hydrogen) atoms. The Morgan fingerprint density at radius 1 is 1.10 bits per heavy atom. The standard InChI is InChI=1S/C21H27N3O4S/c1-16-5-4-6-20(17(16)2)22-21(25)15-23-11-13-24(14-12-23)29(26,27)19-9-7-18(28-3)8-10-19/h4-10H,11-15H2,1-3H3,(H,22,25)/p+1. The van der Waals surface area contributed by atoms with Crippen molar-refractivity contribution in [3.63, 3.8) is 0 Å². The molecule has 2 aromatic carbocycles. The number of benzene rings is 2. The fourth-order valence-corrected chi connectivity index (χ4v) is 4.87. The van der Waals surface area contributed by atoms with E-state index < -0.39 is 10.0 Å². The highest BCUT2D eigenvalue weighted by molar-refractivity contribution is 7.89. The van der Waals surface area contributed by atoms with Crippen molar-refractivity contribution in [3.8, 4) is 5.75 Å². The molecule has 0 saturated carbocycles. The summed E-state index contributed by atoms with van der Waals surface area (Å²) in [5.74, 6) is 0.563. The van der Waals surface area contributed by atoms with Gasteiger partial charge in [0.15, 0.2) is 6.54 Å². The van der Waals surface area contributed by atoms with Crippen molar-refractivity contribution in [2.75, 3.05) is 45.2 Å². The van der Waals surface area contributed by atoms with Gasteiger partial charge in [-0.3, -0.25) is 4.79 Å². The van der Waals surface area contributed by atoms with Gasteiger partial charge in [0, 0.05) is 5.69 Å². The van der Waals surface area contributed by atoms with Crippen LogP contribution < -0.4 is 15.0 Å². The van der Waals surface area contributed by atoms with Gasteiger partial charge in [0.1, 0.15) is 5.75 Å². The first-order chi connectivity index (χ1) is 13.8. The van der Waals surface area contributed by atoms with E-state index in [9.17, 15) is 13.2 Å². The van der Waals surface area contributed by atoms with E-state index in [0.717, 1.165) is 21.7 Å². The maximum Gasteiger partial charge on any atom is 0.279 e. The van der Waals surface area contributed by atoms with Gasteiger partial charge in [-0.25, -0.2) is 8.42 Å². The van der Waals surface area contributed by atoms with Gasteiger partial charge in [0.05, 0.1) is 38.2 Å². The zero-order valence-corrected chi connectivity index (χ0v) is 17.9. The predicted octanol–water partition coefficient (Wildman–Crippen LogP) is 0.840. The van der Waals surface area contributed by atoms with Crippen LogP contribution in [0.4, 0.5) is 5.69 Å². The third-order valence-corrected chi connectivity index (χ3v) is 7.33. The third-order valence-electron chi connectivity index (χ3n) is 5.42. The van der Waals surface area contributed by atoms with Crippen LogP contribution in [0.15, 0.2) is 47.4 Å². The second-order valence-corrected chi connectivity index (χ2v) is 9.24. The number of nitrogens with one attached hydrogen (secondary N) is 2. The van der Waals surface area contributed by atoms with Crippen LogP contribution in [0.2, 0.25) is 0 Å². The fourth-order valence-electron chi connectivity index (χ4n) is 3.42. The van der Waals surface area contributed by atoms with Gasteiger partial charge in [0.25, 0.3) is 5.91 Å². The molecule has 1 heterocycles. The number of hydrogen-bond donors (Lipinski definition) is 2. The molecule has 1 amide bonds. The average Bonchev–Trinajstić information content (AvgIpc) is 2.72. The first-order valence-electron chi connectivity index (χ1n) is 9.65. The minimum Gasteiger partial charge on any atom is -0.497 e. The minimum atomic E-state index is -3.53. The van der Waals surface area contributed by atoms with E-state index in [-0.39, 0.29) is 10.8 Å². The second kappa shape index (κ2) is 8.94. The molecule has 0 aromatic heterocycles. The number of ether oxygens (including phenoxy) is 1. The Labute approximate surface area is 172 Å². The molecule has 1 fully saturated rings. The highest BCUT2D eigenvalue weighted by Gasteiger charge is 2.31. The Kier molecular flexibility index (Phi) is 6.56. The van der Waals surface area contributed by atoms with Crippen LogP contribution in [-0.2, 0) is 14.8 Å². The normalized spacial score (nSPS) is 15.8. The number of carbonyl (C=O) groups is 1. The second-order valence-electron chi connectivity index (χ2n) is 7.30. The minimum absolute atomic E-state index is 0.0554. The summed E-state index contributed by atoms with van der Waals surface area (Å²) in [6, 6.07) is 12.2. The fraction of sp³-hybridized carbons (Fsp3) is 0.381. The van der Waals surface area contributed by atoms with Crippen LogP contribution >= 0.6 is 0 Å². The van der Waals surface area contributed by atoms with E-state index in [0.29, 0.717) is 38.5 Å². The average molecular weight is 419 g/mol. The third kappa shape index (κ3) is 4.95. The summed E-state index contributed by atoms with van der Waals surface area (Å²) in [5.41, 5.74) is 3.02. The number of anilines is 1. The summed E-state index contributed by atoms with van der Waals surface area (Å²) in [6.07, 6.45) is 0. The monoisotopic (exact) mass is 418 g/mol. The molecule has 0 radical (unpaired) electrons. The van der Waals surface area contributed by atoms with Crippen LogP contribution in [0.1, 0.15) is 11.1 Å². The number of aryl methyl sites for hydroxylation is 1. The summed E-state index contributed by atoms with van der Waals surface area (Å²) in [6.45, 7) is 6.29. The molecule has 2 aromatic rings. The number of methoxy groups -OCH3 is 1. The zero-order valence-electron chi connectivity index (χ0n) is 17.1. The molecular weight excluding hydrogens is 390 g/mol. The number of amides is 1. The topological polar surface area (TPSA) is 80.2 Å². The van der Waals surface area contributed by atoms with Gasteiger partial charge in [0.2, 0.25) is 10.0 Å². The van der Waals surface area contributed by atoms with Crippen LogP contribution in [-0.4, -0.2) is 58.5 Å². The number of hydrogen-bond acceptors (Lipinski definition) is 4. The van der Waals surface area contributed by atoms with Gasteiger partial charge in [-0.2, -0.15) is 4.31 Å². The smallest absolute Gasteiger partial charge is 0.279 e. The maximum absolute atomic E-state index is 12.8. The van der Waals surface area contributed by atoms with E-state index >= 15 is 0 Å². The number of rotatable bonds is 6. The molecule has 1 aliphatic heterocycles. The highest BCUT2D eigenvalue weighted by atomic mass is 32.2. The Bertz CT molecular complexity index is 966. The molecule has 1 saturated heterocycles. The molecule has 0 aliphatic carbocycles. The summed E-state index contributed by atoms with van der Waals surface area (Å²) < 4.78 is 32.2. The number of quaternary nitrogens is 1. The lowest BCUT2D eigenvalue weighted by molar-refractivity contribution is -0.895. The molecule has 7 nitrogen and oxygen atoms in total. The highest BCUT2D eigenvalue weighted by Crippen LogP contribution is 2.19. The van der Waals surface area contributed by atoms with Crippen molar-refractivity contribution in [2.24, 2.45) is 0 Å². The van der Waals surface area contributed by atoms with Crippen molar-refractivity contribution in [1.82, 2.24) is 4.31 Å². The first kappa shape index (κ1) is 21.3. The van der Waals surface area contributed by atoms with Crippen molar-refractivity contribution < 1.29 is 22.8 Å². The van der Waals surface area contributed by atoms with Crippen LogP contribution in [0.3, 0.4) is 0 Å². The van der Waals surface area contributed by atoms with Gasteiger partial charge < -0.3 is 15.0 Å². The van der Waals surface area contributed by atoms with Gasteiger partial charge >= 0.3 is 0 Å². The molecule has 0 bridgehead atoms.